The number of primary amides is 1. The second-order valence-corrected chi connectivity index (χ2v) is 7.91. The Balaban J connectivity index is 4.86. The molecule has 164 valence electrons. The molecule has 0 heterocycles. The van der Waals surface area contributed by atoms with Gasteiger partial charge in [0.25, 0.3) is 0 Å². The Hall–Kier alpha value is -1.59. The van der Waals surface area contributed by atoms with Gasteiger partial charge in [-0.25, -0.2) is 0 Å². The van der Waals surface area contributed by atoms with Crippen LogP contribution in [0.1, 0.15) is 105 Å². The van der Waals surface area contributed by atoms with Gasteiger partial charge in [0, 0.05) is 5.92 Å². The van der Waals surface area contributed by atoms with Gasteiger partial charge >= 0.3 is 0 Å². The van der Waals surface area contributed by atoms with Crippen molar-refractivity contribution in [1.29, 1.82) is 0 Å². The maximum Gasteiger partial charge on any atom is 0.243 e. The second kappa shape index (κ2) is 16.4. The number of carbonyl (C=O) groups excluding carboxylic acids is 3. The van der Waals surface area contributed by atoms with E-state index in [1.54, 1.807) is 0 Å². The Morgan fingerprint density at radius 1 is 0.679 bits per heavy atom. The largest absolute Gasteiger partial charge is 0.368 e. The summed E-state index contributed by atoms with van der Waals surface area (Å²) in [5.41, 5.74) is 5.47. The van der Waals surface area contributed by atoms with Gasteiger partial charge in [0.2, 0.25) is 17.7 Å². The average molecular weight is 398 g/mol. The molecule has 0 saturated carbocycles. The van der Waals surface area contributed by atoms with Crippen LogP contribution in [0.5, 0.6) is 0 Å². The Morgan fingerprint density at radius 2 is 1.11 bits per heavy atom. The summed E-state index contributed by atoms with van der Waals surface area (Å²) in [6.45, 7) is 8.22. The fourth-order valence-electron chi connectivity index (χ4n) is 3.17. The van der Waals surface area contributed by atoms with Crippen LogP contribution in [0.2, 0.25) is 0 Å². The van der Waals surface area contributed by atoms with Crippen molar-refractivity contribution in [3.8, 4) is 0 Å². The van der Waals surface area contributed by atoms with E-state index in [1.165, 1.54) is 0 Å². The van der Waals surface area contributed by atoms with E-state index in [4.69, 9.17) is 5.73 Å². The van der Waals surface area contributed by atoms with Gasteiger partial charge < -0.3 is 16.4 Å². The molecular formula is C22H43N3O3. The van der Waals surface area contributed by atoms with E-state index in [9.17, 15) is 14.4 Å². The third-order valence-electron chi connectivity index (χ3n) is 5.17. The van der Waals surface area contributed by atoms with Crippen molar-refractivity contribution in [3.63, 3.8) is 0 Å². The van der Waals surface area contributed by atoms with Crippen molar-refractivity contribution >= 4 is 17.7 Å². The molecule has 0 fully saturated rings. The van der Waals surface area contributed by atoms with Gasteiger partial charge in [-0.15, -0.1) is 0 Å². The van der Waals surface area contributed by atoms with E-state index in [0.717, 1.165) is 64.2 Å². The Kier molecular flexibility index (Phi) is 15.4. The first kappa shape index (κ1) is 26.4. The number of nitrogens with one attached hydrogen (secondary N) is 2. The van der Waals surface area contributed by atoms with Crippen molar-refractivity contribution < 1.29 is 14.4 Å². The SMILES string of the molecule is CCCCC[C@H](NC(=O)[C@H](CCCCC)NC(=O)[C@@H](C)CCCCC)C(N)=O. The molecule has 6 heteroatoms. The molecule has 0 saturated heterocycles. The summed E-state index contributed by atoms with van der Waals surface area (Å²) in [5, 5.41) is 5.68. The average Bonchev–Trinajstić information content (AvgIpc) is 2.66. The van der Waals surface area contributed by atoms with Crippen molar-refractivity contribution in [2.75, 3.05) is 0 Å². The number of carbonyl (C=O) groups is 3. The number of unbranched alkanes of at least 4 members (excludes halogenated alkanes) is 6. The maximum atomic E-state index is 12.8. The summed E-state index contributed by atoms with van der Waals surface area (Å²) in [7, 11) is 0. The van der Waals surface area contributed by atoms with E-state index < -0.39 is 18.0 Å². The van der Waals surface area contributed by atoms with Gasteiger partial charge in [0.05, 0.1) is 0 Å². The van der Waals surface area contributed by atoms with Crippen LogP contribution < -0.4 is 16.4 Å². The molecule has 0 aromatic heterocycles. The first-order valence-corrected chi connectivity index (χ1v) is 11.3. The molecule has 0 radical (unpaired) electrons. The van der Waals surface area contributed by atoms with E-state index in [-0.39, 0.29) is 17.7 Å². The number of hydrogen-bond acceptors (Lipinski definition) is 3. The van der Waals surface area contributed by atoms with Crippen molar-refractivity contribution in [1.82, 2.24) is 10.6 Å². The van der Waals surface area contributed by atoms with Gasteiger partial charge in [-0.05, 0) is 19.3 Å². The zero-order chi connectivity index (χ0) is 21.4. The third-order valence-corrected chi connectivity index (χ3v) is 5.17. The summed E-state index contributed by atoms with van der Waals surface area (Å²) in [4.78, 5) is 37.0. The summed E-state index contributed by atoms with van der Waals surface area (Å²) in [6.07, 6.45) is 10.9. The van der Waals surface area contributed by atoms with Crippen LogP contribution in [0.3, 0.4) is 0 Å². The van der Waals surface area contributed by atoms with Crippen molar-refractivity contribution in [3.05, 3.63) is 0 Å². The van der Waals surface area contributed by atoms with Crippen LogP contribution in [-0.4, -0.2) is 29.8 Å². The highest BCUT2D eigenvalue weighted by Crippen LogP contribution is 2.12. The predicted octanol–water partition coefficient (Wildman–Crippen LogP) is 3.82. The van der Waals surface area contributed by atoms with E-state index in [2.05, 4.69) is 31.4 Å². The van der Waals surface area contributed by atoms with Crippen LogP contribution in [0.25, 0.3) is 0 Å². The molecule has 0 aliphatic carbocycles. The summed E-state index contributed by atoms with van der Waals surface area (Å²) in [5.74, 6) is -1.03. The normalized spacial score (nSPS) is 14.1. The first-order valence-electron chi connectivity index (χ1n) is 11.3. The second-order valence-electron chi connectivity index (χ2n) is 7.91. The highest BCUT2D eigenvalue weighted by atomic mass is 16.2. The maximum absolute atomic E-state index is 12.8. The zero-order valence-electron chi connectivity index (χ0n) is 18.5. The summed E-state index contributed by atoms with van der Waals surface area (Å²) in [6, 6.07) is -1.28. The quantitative estimate of drug-likeness (QED) is 0.325. The molecule has 28 heavy (non-hydrogen) atoms. The number of nitrogens with two attached hydrogens (primary N) is 1. The summed E-state index contributed by atoms with van der Waals surface area (Å²) < 4.78 is 0. The smallest absolute Gasteiger partial charge is 0.243 e. The van der Waals surface area contributed by atoms with E-state index in [0.29, 0.717) is 12.8 Å². The van der Waals surface area contributed by atoms with Crippen LogP contribution in [0.4, 0.5) is 0 Å². The minimum atomic E-state index is -0.674. The lowest BCUT2D eigenvalue weighted by Gasteiger charge is -2.23. The molecule has 0 aliphatic heterocycles. The highest BCUT2D eigenvalue weighted by Gasteiger charge is 2.26. The third kappa shape index (κ3) is 12.0. The fourth-order valence-corrected chi connectivity index (χ4v) is 3.17. The van der Waals surface area contributed by atoms with Crippen LogP contribution in [0.15, 0.2) is 0 Å². The molecule has 6 nitrogen and oxygen atoms in total. The molecule has 0 rings (SSSR count). The number of rotatable bonds is 17. The number of amides is 3. The van der Waals surface area contributed by atoms with Gasteiger partial charge in [-0.3, -0.25) is 14.4 Å². The van der Waals surface area contributed by atoms with Crippen molar-refractivity contribution in [2.45, 2.75) is 117 Å². The van der Waals surface area contributed by atoms with Crippen LogP contribution >= 0.6 is 0 Å². The predicted molar refractivity (Wildman–Crippen MR) is 115 cm³/mol. The molecule has 3 atom stereocenters. The minimum Gasteiger partial charge on any atom is -0.368 e. The van der Waals surface area contributed by atoms with Gasteiger partial charge in [-0.2, -0.15) is 0 Å². The lowest BCUT2D eigenvalue weighted by Crippen LogP contribution is -2.53. The van der Waals surface area contributed by atoms with Gasteiger partial charge in [0.15, 0.2) is 0 Å². The molecule has 0 spiro atoms. The number of hydrogen-bond donors (Lipinski definition) is 3. The Labute approximate surface area is 171 Å². The van der Waals surface area contributed by atoms with Crippen LogP contribution in [0, 0.1) is 5.92 Å². The Morgan fingerprint density at radius 3 is 1.57 bits per heavy atom. The van der Waals surface area contributed by atoms with E-state index >= 15 is 0 Å². The lowest BCUT2D eigenvalue weighted by atomic mass is 10.0. The molecule has 0 aromatic rings. The minimum absolute atomic E-state index is 0.0886. The topological polar surface area (TPSA) is 101 Å². The first-order chi connectivity index (χ1) is 13.4. The molecule has 0 bridgehead atoms. The van der Waals surface area contributed by atoms with Crippen molar-refractivity contribution in [2.24, 2.45) is 11.7 Å². The molecule has 4 N–H and O–H groups in total. The highest BCUT2D eigenvalue weighted by molar-refractivity contribution is 5.91. The molecule has 0 unspecified atom stereocenters. The Bertz CT molecular complexity index is 454. The molecule has 3 amide bonds. The summed E-state index contributed by atoms with van der Waals surface area (Å²) >= 11 is 0. The van der Waals surface area contributed by atoms with Gasteiger partial charge in [0.1, 0.15) is 12.1 Å². The lowest BCUT2D eigenvalue weighted by molar-refractivity contribution is -0.132. The molecule has 0 aromatic carbocycles. The monoisotopic (exact) mass is 397 g/mol. The van der Waals surface area contributed by atoms with Gasteiger partial charge in [-0.1, -0.05) is 85.5 Å². The fraction of sp³-hybridized carbons (Fsp3) is 0.864. The zero-order valence-corrected chi connectivity index (χ0v) is 18.5. The standard InChI is InChI=1S/C22H43N3O3/c1-5-8-11-14-17(4)21(27)25-19(16-13-10-7-3)22(28)24-18(20(23)26)15-12-9-6-2/h17-19H,5-16H2,1-4H3,(H2,23,26)(H,24,28)(H,25,27)/t17-,18-,19-/m0/s1. The van der Waals surface area contributed by atoms with Crippen LogP contribution in [-0.2, 0) is 14.4 Å². The van der Waals surface area contributed by atoms with E-state index in [1.807, 2.05) is 6.92 Å². The molecule has 0 aliphatic rings. The molecular weight excluding hydrogens is 354 g/mol.